The van der Waals surface area contributed by atoms with Crippen molar-refractivity contribution in [2.75, 3.05) is 13.1 Å². The number of carbonyl (C=O) groups is 2. The number of benzene rings is 2. The molecule has 5 rings (SSSR count). The number of aryl methyl sites for hydroxylation is 1. The molecule has 4 aromatic rings. The minimum atomic E-state index is -0.435. The van der Waals surface area contributed by atoms with Gasteiger partial charge >= 0.3 is 0 Å². The van der Waals surface area contributed by atoms with Crippen LogP contribution in [-0.2, 0) is 6.42 Å². The van der Waals surface area contributed by atoms with Gasteiger partial charge in [0.05, 0.1) is 17.1 Å². The van der Waals surface area contributed by atoms with Crippen LogP contribution < -0.4 is 5.32 Å². The number of amides is 2. The molecule has 2 amide bonds. The van der Waals surface area contributed by atoms with Gasteiger partial charge in [-0.15, -0.1) is 0 Å². The van der Waals surface area contributed by atoms with E-state index in [-0.39, 0.29) is 11.8 Å². The van der Waals surface area contributed by atoms with E-state index < -0.39 is 6.04 Å². The Kier molecular flexibility index (Phi) is 6.51. The van der Waals surface area contributed by atoms with Crippen LogP contribution in [0.4, 0.5) is 0 Å². The molecule has 2 aromatic heterocycles. The molecule has 35 heavy (non-hydrogen) atoms. The van der Waals surface area contributed by atoms with Gasteiger partial charge in [-0.3, -0.25) is 14.6 Å². The standard InChI is InChI=1S/C27H26ClN5O2/c1-17-14-18(7-9-21(17)27(35)33-12-4-5-13-33)26(34)32-24(16-20-6-2-3-11-29-20)25-30-22-10-8-19(28)15-23(22)31-25/h2-3,6-11,14-15,24H,4-5,12-13,16H2,1H3,(H,30,31)(H,32,34)/t24-/m0/s1. The Morgan fingerprint density at radius 2 is 1.94 bits per heavy atom. The summed E-state index contributed by atoms with van der Waals surface area (Å²) < 4.78 is 0. The molecule has 8 heteroatoms. The SMILES string of the molecule is Cc1cc(C(=O)N[C@@H](Cc2ccccn2)c2nc3cc(Cl)ccc3[nH]2)ccc1C(=O)N1CCCC1. The number of aromatic nitrogens is 3. The number of fused-ring (bicyclic) bond motifs is 1. The summed E-state index contributed by atoms with van der Waals surface area (Å²) in [6.45, 7) is 3.45. The van der Waals surface area contributed by atoms with Crippen LogP contribution in [0.25, 0.3) is 11.0 Å². The number of halogens is 1. The lowest BCUT2D eigenvalue weighted by Gasteiger charge is -2.19. The van der Waals surface area contributed by atoms with Gasteiger partial charge in [-0.05, 0) is 73.9 Å². The lowest BCUT2D eigenvalue weighted by atomic mass is 10.0. The molecule has 7 nitrogen and oxygen atoms in total. The summed E-state index contributed by atoms with van der Waals surface area (Å²) in [6.07, 6.45) is 4.27. The molecule has 1 atom stereocenters. The second kappa shape index (κ2) is 9.88. The van der Waals surface area contributed by atoms with Crippen molar-refractivity contribution in [3.8, 4) is 0 Å². The highest BCUT2D eigenvalue weighted by molar-refractivity contribution is 6.31. The van der Waals surface area contributed by atoms with Crippen molar-refractivity contribution in [2.45, 2.75) is 32.2 Å². The monoisotopic (exact) mass is 487 g/mol. The average Bonchev–Trinajstić information content (AvgIpc) is 3.54. The summed E-state index contributed by atoms with van der Waals surface area (Å²) in [5, 5.41) is 3.70. The molecule has 1 saturated heterocycles. The van der Waals surface area contributed by atoms with E-state index in [1.165, 1.54) is 0 Å². The highest BCUT2D eigenvalue weighted by Gasteiger charge is 2.23. The second-order valence-electron chi connectivity index (χ2n) is 8.86. The summed E-state index contributed by atoms with van der Waals surface area (Å²) in [7, 11) is 0. The number of likely N-dealkylation sites (tertiary alicyclic amines) is 1. The fourth-order valence-corrected chi connectivity index (χ4v) is 4.65. The predicted molar refractivity (Wildman–Crippen MR) is 136 cm³/mol. The zero-order valence-corrected chi connectivity index (χ0v) is 20.2. The van der Waals surface area contributed by atoms with E-state index >= 15 is 0 Å². The fourth-order valence-electron chi connectivity index (χ4n) is 4.48. The third-order valence-electron chi connectivity index (χ3n) is 6.35. The zero-order valence-electron chi connectivity index (χ0n) is 19.4. The van der Waals surface area contributed by atoms with Gasteiger partial charge in [0, 0.05) is 47.6 Å². The molecule has 0 spiro atoms. The van der Waals surface area contributed by atoms with Crippen LogP contribution in [0.3, 0.4) is 0 Å². The Hall–Kier alpha value is -3.71. The van der Waals surface area contributed by atoms with Crippen molar-refractivity contribution < 1.29 is 9.59 Å². The first-order chi connectivity index (χ1) is 17.0. The van der Waals surface area contributed by atoms with E-state index in [2.05, 4.69) is 20.3 Å². The topological polar surface area (TPSA) is 91.0 Å². The highest BCUT2D eigenvalue weighted by Crippen LogP contribution is 2.23. The smallest absolute Gasteiger partial charge is 0.254 e. The summed E-state index contributed by atoms with van der Waals surface area (Å²) in [6, 6.07) is 15.9. The number of aromatic amines is 1. The van der Waals surface area contributed by atoms with Crippen molar-refractivity contribution in [3.05, 3.63) is 94.0 Å². The second-order valence-corrected chi connectivity index (χ2v) is 9.30. The van der Waals surface area contributed by atoms with Gasteiger partial charge in [0.1, 0.15) is 5.82 Å². The van der Waals surface area contributed by atoms with E-state index in [9.17, 15) is 9.59 Å². The Labute approximate surface area is 208 Å². The molecule has 0 aliphatic carbocycles. The van der Waals surface area contributed by atoms with Crippen LogP contribution in [0.1, 0.15) is 56.7 Å². The number of imidazole rings is 1. The number of nitrogens with zero attached hydrogens (tertiary/aromatic N) is 3. The quantitative estimate of drug-likeness (QED) is 0.406. The Balaban J connectivity index is 1.40. The van der Waals surface area contributed by atoms with Crippen LogP contribution in [0.15, 0.2) is 60.8 Å². The summed E-state index contributed by atoms with van der Waals surface area (Å²) in [5.74, 6) is 0.410. The molecule has 0 bridgehead atoms. The van der Waals surface area contributed by atoms with Crippen LogP contribution in [0.5, 0.6) is 0 Å². The van der Waals surface area contributed by atoms with Gasteiger partial charge in [-0.25, -0.2) is 4.98 Å². The summed E-state index contributed by atoms with van der Waals surface area (Å²) >= 11 is 6.13. The van der Waals surface area contributed by atoms with E-state index in [1.807, 2.05) is 36.1 Å². The van der Waals surface area contributed by atoms with Crippen LogP contribution >= 0.6 is 11.6 Å². The van der Waals surface area contributed by atoms with Gasteiger partial charge in [-0.1, -0.05) is 17.7 Å². The molecule has 0 saturated carbocycles. The molecule has 2 aromatic carbocycles. The van der Waals surface area contributed by atoms with Gasteiger partial charge < -0.3 is 15.2 Å². The molecule has 1 fully saturated rings. The normalized spacial score (nSPS) is 14.3. The largest absolute Gasteiger partial charge is 0.342 e. The number of hydrogen-bond donors (Lipinski definition) is 2. The maximum absolute atomic E-state index is 13.3. The number of carbonyl (C=O) groups excluding carboxylic acids is 2. The Morgan fingerprint density at radius 3 is 2.69 bits per heavy atom. The molecular weight excluding hydrogens is 462 g/mol. The van der Waals surface area contributed by atoms with Gasteiger partial charge in [0.15, 0.2) is 0 Å². The van der Waals surface area contributed by atoms with Crippen molar-refractivity contribution in [1.29, 1.82) is 0 Å². The third kappa shape index (κ3) is 5.05. The minimum absolute atomic E-state index is 0.0286. The number of pyridine rings is 1. The van der Waals surface area contributed by atoms with Crippen LogP contribution in [0, 0.1) is 6.92 Å². The predicted octanol–water partition coefficient (Wildman–Crippen LogP) is 4.87. The molecule has 0 unspecified atom stereocenters. The van der Waals surface area contributed by atoms with Gasteiger partial charge in [-0.2, -0.15) is 0 Å². The minimum Gasteiger partial charge on any atom is -0.342 e. The molecular formula is C27H26ClN5O2. The highest BCUT2D eigenvalue weighted by atomic mass is 35.5. The lowest BCUT2D eigenvalue weighted by Crippen LogP contribution is -2.31. The van der Waals surface area contributed by atoms with Crippen molar-refractivity contribution in [2.24, 2.45) is 0 Å². The zero-order chi connectivity index (χ0) is 24.4. The van der Waals surface area contributed by atoms with Crippen molar-refractivity contribution in [1.82, 2.24) is 25.2 Å². The molecule has 0 radical (unpaired) electrons. The molecule has 178 valence electrons. The molecule has 3 heterocycles. The Morgan fingerprint density at radius 1 is 1.11 bits per heavy atom. The number of hydrogen-bond acceptors (Lipinski definition) is 4. The number of H-pyrrole nitrogens is 1. The first kappa shape index (κ1) is 23.1. The Bertz CT molecular complexity index is 1380. The van der Waals surface area contributed by atoms with Crippen LogP contribution in [-0.4, -0.2) is 44.8 Å². The first-order valence-corrected chi connectivity index (χ1v) is 12.1. The third-order valence-corrected chi connectivity index (χ3v) is 6.59. The molecule has 2 N–H and O–H groups in total. The molecule has 1 aliphatic heterocycles. The summed E-state index contributed by atoms with van der Waals surface area (Å²) in [5.41, 5.74) is 4.32. The van der Waals surface area contributed by atoms with E-state index in [1.54, 1.807) is 36.5 Å². The van der Waals surface area contributed by atoms with E-state index in [0.717, 1.165) is 48.2 Å². The van der Waals surface area contributed by atoms with E-state index in [4.69, 9.17) is 11.6 Å². The van der Waals surface area contributed by atoms with Gasteiger partial charge in [0.25, 0.3) is 11.8 Å². The number of nitrogens with one attached hydrogen (secondary N) is 2. The van der Waals surface area contributed by atoms with Crippen molar-refractivity contribution >= 4 is 34.4 Å². The van der Waals surface area contributed by atoms with Crippen molar-refractivity contribution in [3.63, 3.8) is 0 Å². The maximum atomic E-state index is 13.3. The molecule has 1 aliphatic rings. The first-order valence-electron chi connectivity index (χ1n) is 11.7. The van der Waals surface area contributed by atoms with Crippen LogP contribution in [0.2, 0.25) is 5.02 Å². The number of rotatable bonds is 6. The summed E-state index contributed by atoms with van der Waals surface area (Å²) in [4.78, 5) is 40.4. The average molecular weight is 488 g/mol. The fraction of sp³-hybridized carbons (Fsp3) is 0.259. The van der Waals surface area contributed by atoms with Gasteiger partial charge in [0.2, 0.25) is 0 Å². The maximum Gasteiger partial charge on any atom is 0.254 e. The van der Waals surface area contributed by atoms with E-state index in [0.29, 0.717) is 28.4 Å². The lowest BCUT2D eigenvalue weighted by molar-refractivity contribution is 0.0791.